The topological polar surface area (TPSA) is 57.6 Å². The van der Waals surface area contributed by atoms with Gasteiger partial charge in [0, 0.05) is 16.6 Å². The van der Waals surface area contributed by atoms with Crippen LogP contribution >= 0.6 is 15.9 Å². The lowest BCUT2D eigenvalue weighted by Crippen LogP contribution is -2.29. The van der Waals surface area contributed by atoms with Crippen LogP contribution in [0.5, 0.6) is 0 Å². The van der Waals surface area contributed by atoms with Crippen molar-refractivity contribution in [2.75, 3.05) is 0 Å². The van der Waals surface area contributed by atoms with E-state index in [2.05, 4.69) is 15.9 Å². The molecular weight excluding hydrogens is 430 g/mol. The third-order valence-electron chi connectivity index (χ3n) is 4.95. The summed E-state index contributed by atoms with van der Waals surface area (Å²) in [5.41, 5.74) is 2.28. The highest BCUT2D eigenvalue weighted by molar-refractivity contribution is 9.10. The predicted octanol–water partition coefficient (Wildman–Crippen LogP) is 5.07. The lowest BCUT2D eigenvalue weighted by Gasteiger charge is -2.25. The molecule has 1 aliphatic heterocycles. The van der Waals surface area contributed by atoms with Crippen molar-refractivity contribution in [2.24, 2.45) is 0 Å². The summed E-state index contributed by atoms with van der Waals surface area (Å²) < 4.78 is 0.833. The number of hydrogen-bond acceptors (Lipinski definition) is 3. The van der Waals surface area contributed by atoms with Gasteiger partial charge in [-0.2, -0.15) is 0 Å². The number of aliphatic hydroxyl groups excluding tert-OH is 1. The highest BCUT2D eigenvalue weighted by Gasteiger charge is 2.46. The lowest BCUT2D eigenvalue weighted by molar-refractivity contribution is -0.140. The fourth-order valence-electron chi connectivity index (χ4n) is 3.60. The van der Waals surface area contributed by atoms with Crippen molar-refractivity contribution in [3.8, 4) is 0 Å². The molecule has 1 aliphatic rings. The molecule has 1 unspecified atom stereocenters. The molecule has 29 heavy (non-hydrogen) atoms. The van der Waals surface area contributed by atoms with E-state index in [4.69, 9.17) is 0 Å². The number of nitrogens with zero attached hydrogens (tertiary/aromatic N) is 1. The molecule has 0 radical (unpaired) electrons. The number of benzene rings is 3. The van der Waals surface area contributed by atoms with Crippen molar-refractivity contribution < 1.29 is 14.7 Å². The Morgan fingerprint density at radius 2 is 1.55 bits per heavy atom. The van der Waals surface area contributed by atoms with Gasteiger partial charge in [-0.05, 0) is 23.3 Å². The van der Waals surface area contributed by atoms with Crippen molar-refractivity contribution >= 4 is 33.4 Å². The first kappa shape index (κ1) is 19.2. The summed E-state index contributed by atoms with van der Waals surface area (Å²) in [7, 11) is 0. The summed E-state index contributed by atoms with van der Waals surface area (Å²) in [6.07, 6.45) is 0. The van der Waals surface area contributed by atoms with Gasteiger partial charge in [-0.25, -0.2) is 0 Å². The number of ketones is 1. The number of hydrogen-bond donors (Lipinski definition) is 1. The smallest absolute Gasteiger partial charge is 0.295 e. The van der Waals surface area contributed by atoms with E-state index in [0.717, 1.165) is 15.6 Å². The molecule has 0 aromatic heterocycles. The second-order valence-electron chi connectivity index (χ2n) is 6.83. The molecule has 0 aliphatic carbocycles. The monoisotopic (exact) mass is 447 g/mol. The van der Waals surface area contributed by atoms with Gasteiger partial charge in [0.25, 0.3) is 11.7 Å². The Bertz CT molecular complexity index is 1090. The summed E-state index contributed by atoms with van der Waals surface area (Å²) in [6.45, 7) is 0.272. The fraction of sp³-hybridized carbons (Fsp3) is 0.0833. The maximum absolute atomic E-state index is 13.0. The van der Waals surface area contributed by atoms with Crippen LogP contribution < -0.4 is 0 Å². The number of aliphatic hydroxyl groups is 1. The molecule has 1 saturated heterocycles. The van der Waals surface area contributed by atoms with Crippen molar-refractivity contribution in [3.63, 3.8) is 0 Å². The molecule has 1 amide bonds. The molecule has 1 fully saturated rings. The summed E-state index contributed by atoms with van der Waals surface area (Å²) in [5.74, 6) is -1.45. The van der Waals surface area contributed by atoms with Crippen molar-refractivity contribution in [2.45, 2.75) is 12.6 Å². The number of halogens is 1. The molecule has 0 bridgehead atoms. The molecule has 3 aromatic carbocycles. The van der Waals surface area contributed by atoms with Crippen LogP contribution in [0.15, 0.2) is 95.0 Å². The van der Waals surface area contributed by atoms with Crippen molar-refractivity contribution in [1.82, 2.24) is 4.90 Å². The summed E-state index contributed by atoms with van der Waals surface area (Å²) >= 11 is 3.46. The van der Waals surface area contributed by atoms with Gasteiger partial charge in [-0.15, -0.1) is 0 Å². The quantitative estimate of drug-likeness (QED) is 0.345. The van der Waals surface area contributed by atoms with Crippen LogP contribution in [0.1, 0.15) is 22.7 Å². The SMILES string of the molecule is O=C1C(=O)N(Cc2ccccc2)C(c2cccc(Br)c2)C1=C(O)c1ccccc1. The standard InChI is InChI=1S/C24H18BrNO3/c25-19-13-7-12-18(14-19)21-20(22(27)17-10-5-2-6-11-17)23(28)24(29)26(21)15-16-8-3-1-4-9-16/h1-14,21,27H,15H2. The molecule has 5 heteroatoms. The van der Waals surface area contributed by atoms with E-state index < -0.39 is 17.7 Å². The Morgan fingerprint density at radius 3 is 2.21 bits per heavy atom. The van der Waals surface area contributed by atoms with Gasteiger partial charge in [0.15, 0.2) is 0 Å². The predicted molar refractivity (Wildman–Crippen MR) is 115 cm³/mol. The van der Waals surface area contributed by atoms with E-state index in [9.17, 15) is 14.7 Å². The number of carbonyl (C=O) groups is 2. The maximum atomic E-state index is 13.0. The van der Waals surface area contributed by atoms with Crippen molar-refractivity contribution in [1.29, 1.82) is 0 Å². The Morgan fingerprint density at radius 1 is 0.897 bits per heavy atom. The molecule has 1 heterocycles. The molecule has 3 aromatic rings. The Kier molecular flexibility index (Phi) is 5.32. The number of carbonyl (C=O) groups excluding carboxylic acids is 2. The Labute approximate surface area is 177 Å². The van der Waals surface area contributed by atoms with Crippen LogP contribution in [0.2, 0.25) is 0 Å². The first-order valence-electron chi connectivity index (χ1n) is 9.19. The van der Waals surface area contributed by atoms with Crippen LogP contribution in [0.3, 0.4) is 0 Å². The average molecular weight is 448 g/mol. The van der Waals surface area contributed by atoms with E-state index in [1.165, 1.54) is 4.90 Å². The molecule has 0 spiro atoms. The molecule has 0 saturated carbocycles. The Hall–Kier alpha value is -3.18. The van der Waals surface area contributed by atoms with Crippen LogP contribution in [0, 0.1) is 0 Å². The molecule has 1 atom stereocenters. The molecule has 1 N–H and O–H groups in total. The number of amides is 1. The first-order chi connectivity index (χ1) is 14.1. The molecule has 144 valence electrons. The van der Waals surface area contributed by atoms with E-state index in [1.807, 2.05) is 60.7 Å². The van der Waals surface area contributed by atoms with Crippen LogP contribution in [-0.4, -0.2) is 21.7 Å². The third-order valence-corrected chi connectivity index (χ3v) is 5.44. The van der Waals surface area contributed by atoms with Gasteiger partial charge in [0.1, 0.15) is 5.76 Å². The highest BCUT2D eigenvalue weighted by Crippen LogP contribution is 2.40. The molecular formula is C24H18BrNO3. The zero-order chi connectivity index (χ0) is 20.4. The molecule has 4 nitrogen and oxygen atoms in total. The Balaban J connectivity index is 1.87. The molecule has 4 rings (SSSR count). The first-order valence-corrected chi connectivity index (χ1v) is 9.99. The minimum atomic E-state index is -0.674. The zero-order valence-electron chi connectivity index (χ0n) is 15.5. The average Bonchev–Trinajstić information content (AvgIpc) is 2.99. The van der Waals surface area contributed by atoms with Crippen LogP contribution in [0.4, 0.5) is 0 Å². The van der Waals surface area contributed by atoms with Gasteiger partial charge in [0.2, 0.25) is 0 Å². The second kappa shape index (κ2) is 8.05. The van der Waals surface area contributed by atoms with Gasteiger partial charge in [-0.1, -0.05) is 88.7 Å². The maximum Gasteiger partial charge on any atom is 0.295 e. The minimum Gasteiger partial charge on any atom is -0.507 e. The number of rotatable bonds is 4. The van der Waals surface area contributed by atoms with Gasteiger partial charge >= 0.3 is 0 Å². The largest absolute Gasteiger partial charge is 0.507 e. The fourth-order valence-corrected chi connectivity index (χ4v) is 4.01. The zero-order valence-corrected chi connectivity index (χ0v) is 17.0. The van der Waals surface area contributed by atoms with E-state index in [0.29, 0.717) is 5.56 Å². The highest BCUT2D eigenvalue weighted by atomic mass is 79.9. The normalized spacial score (nSPS) is 18.2. The number of likely N-dealkylation sites (tertiary alicyclic amines) is 1. The van der Waals surface area contributed by atoms with E-state index in [1.54, 1.807) is 24.3 Å². The lowest BCUT2D eigenvalue weighted by atomic mass is 9.95. The summed E-state index contributed by atoms with van der Waals surface area (Å²) in [5, 5.41) is 11.0. The second-order valence-corrected chi connectivity index (χ2v) is 7.75. The van der Waals surface area contributed by atoms with Crippen LogP contribution in [0.25, 0.3) is 5.76 Å². The van der Waals surface area contributed by atoms with E-state index >= 15 is 0 Å². The van der Waals surface area contributed by atoms with Crippen molar-refractivity contribution in [3.05, 3.63) is 112 Å². The van der Waals surface area contributed by atoms with Gasteiger partial charge in [0.05, 0.1) is 11.6 Å². The van der Waals surface area contributed by atoms with Gasteiger partial charge in [-0.3, -0.25) is 9.59 Å². The minimum absolute atomic E-state index is 0.107. The number of Topliss-reactive ketones (excluding diaryl/α,β-unsaturated/α-hetero) is 1. The van der Waals surface area contributed by atoms with E-state index in [-0.39, 0.29) is 17.9 Å². The summed E-state index contributed by atoms with van der Waals surface area (Å²) in [4.78, 5) is 27.4. The third kappa shape index (κ3) is 3.74. The summed E-state index contributed by atoms with van der Waals surface area (Å²) in [6, 6.07) is 25.1. The van der Waals surface area contributed by atoms with Gasteiger partial charge < -0.3 is 10.0 Å². The van der Waals surface area contributed by atoms with Crippen LogP contribution in [-0.2, 0) is 16.1 Å².